The van der Waals surface area contributed by atoms with E-state index in [2.05, 4.69) is 0 Å². The number of benzene rings is 3. The molecule has 0 unspecified atom stereocenters. The van der Waals surface area contributed by atoms with Crippen LogP contribution < -0.4 is 0 Å². The van der Waals surface area contributed by atoms with Crippen LogP contribution >= 0.6 is 0 Å². The number of esters is 1. The molecule has 1 N–H and O–H groups in total. The number of carbonyl (C=O) groups excluding carboxylic acids is 2. The van der Waals surface area contributed by atoms with Crippen molar-refractivity contribution in [3.8, 4) is 0 Å². The van der Waals surface area contributed by atoms with Crippen molar-refractivity contribution >= 4 is 11.9 Å². The van der Waals surface area contributed by atoms with Crippen LogP contribution in [0.5, 0.6) is 0 Å². The molecule has 190 valence electrons. The van der Waals surface area contributed by atoms with Gasteiger partial charge in [-0.2, -0.15) is 0 Å². The van der Waals surface area contributed by atoms with E-state index in [1.165, 1.54) is 7.11 Å². The van der Waals surface area contributed by atoms with Crippen LogP contribution in [-0.4, -0.2) is 48.7 Å². The number of aliphatic hydroxyl groups is 1. The van der Waals surface area contributed by atoms with Crippen molar-refractivity contribution in [3.05, 3.63) is 108 Å². The van der Waals surface area contributed by atoms with Gasteiger partial charge in [0.1, 0.15) is 0 Å². The van der Waals surface area contributed by atoms with Gasteiger partial charge in [0.2, 0.25) is 5.91 Å². The molecule has 0 radical (unpaired) electrons. The van der Waals surface area contributed by atoms with Gasteiger partial charge >= 0.3 is 5.97 Å². The summed E-state index contributed by atoms with van der Waals surface area (Å²) in [6, 6.07) is 27.9. The van der Waals surface area contributed by atoms with Gasteiger partial charge in [-0.05, 0) is 23.6 Å². The van der Waals surface area contributed by atoms with E-state index in [1.54, 1.807) is 11.9 Å². The van der Waals surface area contributed by atoms with Crippen molar-refractivity contribution in [2.24, 2.45) is 5.92 Å². The predicted molar refractivity (Wildman–Crippen MR) is 139 cm³/mol. The van der Waals surface area contributed by atoms with Gasteiger partial charge in [-0.15, -0.1) is 0 Å². The van der Waals surface area contributed by atoms with Gasteiger partial charge in [0.15, 0.2) is 0 Å². The Hall–Kier alpha value is -3.48. The second-order valence-electron chi connectivity index (χ2n) is 8.97. The smallest absolute Gasteiger partial charge is 0.305 e. The summed E-state index contributed by atoms with van der Waals surface area (Å²) in [5.41, 5.74) is 2.53. The zero-order chi connectivity index (χ0) is 25.9. The summed E-state index contributed by atoms with van der Waals surface area (Å²) < 4.78 is 11.0. The molecule has 0 saturated carbocycles. The molecule has 0 aliphatic carbocycles. The van der Waals surface area contributed by atoms with Crippen molar-refractivity contribution in [2.75, 3.05) is 20.8 Å². The Bertz CT molecular complexity index is 1070. The molecule has 0 spiro atoms. The number of likely N-dealkylation sites (N-methyl/N-ethyl adjacent to an activating group) is 1. The number of hydrogen-bond donors (Lipinski definition) is 1. The molecule has 0 aliphatic heterocycles. The molecule has 6 heteroatoms. The van der Waals surface area contributed by atoms with Crippen LogP contribution in [-0.2, 0) is 25.7 Å². The third kappa shape index (κ3) is 7.26. The SMILES string of the molecule is COC(=O)C[C@@H](COCc1ccccc1)[C@H](C(=O)N(C)[C@H](C)[C@H](O)c1ccccc1)c1ccccc1. The molecule has 0 aromatic heterocycles. The maximum Gasteiger partial charge on any atom is 0.305 e. The van der Waals surface area contributed by atoms with Crippen LogP contribution in [0.4, 0.5) is 0 Å². The average Bonchev–Trinajstić information content (AvgIpc) is 2.93. The number of hydrogen-bond acceptors (Lipinski definition) is 5. The van der Waals surface area contributed by atoms with Gasteiger partial charge in [-0.1, -0.05) is 91.0 Å². The Morgan fingerprint density at radius 3 is 1.94 bits per heavy atom. The molecule has 0 fully saturated rings. The summed E-state index contributed by atoms with van der Waals surface area (Å²) in [6.45, 7) is 2.38. The topological polar surface area (TPSA) is 76.1 Å². The molecule has 4 atom stereocenters. The summed E-state index contributed by atoms with van der Waals surface area (Å²) in [7, 11) is 3.03. The Labute approximate surface area is 213 Å². The quantitative estimate of drug-likeness (QED) is 0.372. The first kappa shape index (κ1) is 27.1. The standard InChI is InChI=1S/C30H35NO5/c1-22(29(33)25-17-11-6-12-18-25)31(2)30(34)28(24-15-9-5-10-16-24)26(19-27(32)35-3)21-36-20-23-13-7-4-8-14-23/h4-18,22,26,28-29,33H,19-21H2,1-3H3/t22-,26+,28-,29+/m1/s1. The second kappa shape index (κ2) is 13.6. The van der Waals surface area contributed by atoms with Crippen LogP contribution in [0.1, 0.15) is 42.1 Å². The van der Waals surface area contributed by atoms with Crippen molar-refractivity contribution in [3.63, 3.8) is 0 Å². The molecular formula is C30H35NO5. The number of rotatable bonds is 12. The largest absolute Gasteiger partial charge is 0.469 e. The van der Waals surface area contributed by atoms with Crippen molar-refractivity contribution in [1.82, 2.24) is 4.90 Å². The van der Waals surface area contributed by atoms with Crippen LogP contribution in [0.2, 0.25) is 0 Å². The lowest BCUT2D eigenvalue weighted by atomic mass is 9.82. The molecule has 3 aromatic carbocycles. The highest BCUT2D eigenvalue weighted by atomic mass is 16.5. The minimum absolute atomic E-state index is 0.0278. The normalized spacial score (nSPS) is 14.3. The molecule has 0 bridgehead atoms. The molecule has 3 rings (SSSR count). The fraction of sp³-hybridized carbons (Fsp3) is 0.333. The minimum Gasteiger partial charge on any atom is -0.469 e. The number of nitrogens with zero attached hydrogens (tertiary/aromatic N) is 1. The lowest BCUT2D eigenvalue weighted by Crippen LogP contribution is -2.44. The fourth-order valence-electron chi connectivity index (χ4n) is 4.31. The Morgan fingerprint density at radius 1 is 0.861 bits per heavy atom. The van der Waals surface area contributed by atoms with Crippen LogP contribution in [0, 0.1) is 5.92 Å². The van der Waals surface area contributed by atoms with E-state index >= 15 is 0 Å². The van der Waals surface area contributed by atoms with Gasteiger partial charge in [-0.3, -0.25) is 9.59 Å². The molecule has 0 aliphatic rings. The molecule has 0 heterocycles. The Morgan fingerprint density at radius 2 is 1.39 bits per heavy atom. The highest BCUT2D eigenvalue weighted by Gasteiger charge is 2.36. The Kier molecular flexibility index (Phi) is 10.2. The van der Waals surface area contributed by atoms with Crippen molar-refractivity contribution < 1.29 is 24.2 Å². The number of methoxy groups -OCH3 is 1. The number of aliphatic hydroxyl groups excluding tert-OH is 1. The zero-order valence-electron chi connectivity index (χ0n) is 21.1. The highest BCUT2D eigenvalue weighted by Crippen LogP contribution is 2.32. The zero-order valence-corrected chi connectivity index (χ0v) is 21.1. The lowest BCUT2D eigenvalue weighted by Gasteiger charge is -2.35. The molecule has 6 nitrogen and oxygen atoms in total. The predicted octanol–water partition coefficient (Wildman–Crippen LogP) is 4.75. The van der Waals surface area contributed by atoms with E-state index in [-0.39, 0.29) is 18.9 Å². The van der Waals surface area contributed by atoms with Gasteiger partial charge in [0.25, 0.3) is 0 Å². The van der Waals surface area contributed by atoms with E-state index < -0.39 is 30.0 Å². The van der Waals surface area contributed by atoms with Crippen LogP contribution in [0.3, 0.4) is 0 Å². The van der Waals surface area contributed by atoms with Crippen LogP contribution in [0.25, 0.3) is 0 Å². The summed E-state index contributed by atoms with van der Waals surface area (Å²) >= 11 is 0. The van der Waals surface area contributed by atoms with E-state index in [4.69, 9.17) is 9.47 Å². The molecule has 36 heavy (non-hydrogen) atoms. The van der Waals surface area contributed by atoms with E-state index in [0.717, 1.165) is 16.7 Å². The van der Waals surface area contributed by atoms with E-state index in [1.807, 2.05) is 97.9 Å². The summed E-state index contributed by atoms with van der Waals surface area (Å²) in [6.07, 6.45) is -0.829. The summed E-state index contributed by atoms with van der Waals surface area (Å²) in [4.78, 5) is 27.9. The molecule has 3 aromatic rings. The Balaban J connectivity index is 1.86. The third-order valence-electron chi connectivity index (χ3n) is 6.55. The van der Waals surface area contributed by atoms with Gasteiger partial charge in [-0.25, -0.2) is 0 Å². The summed E-state index contributed by atoms with van der Waals surface area (Å²) in [5, 5.41) is 11.0. The van der Waals surface area contributed by atoms with Gasteiger partial charge < -0.3 is 19.5 Å². The van der Waals surface area contributed by atoms with Gasteiger partial charge in [0, 0.05) is 13.0 Å². The summed E-state index contributed by atoms with van der Waals surface area (Å²) in [5.74, 6) is -1.71. The molecule has 1 amide bonds. The third-order valence-corrected chi connectivity index (χ3v) is 6.55. The number of amides is 1. The number of ether oxygens (including phenoxy) is 2. The van der Waals surface area contributed by atoms with Crippen LogP contribution in [0.15, 0.2) is 91.0 Å². The first-order chi connectivity index (χ1) is 17.4. The number of carbonyl (C=O) groups is 2. The first-order valence-corrected chi connectivity index (χ1v) is 12.2. The minimum atomic E-state index is -0.857. The van der Waals surface area contributed by atoms with E-state index in [0.29, 0.717) is 6.61 Å². The maximum atomic E-state index is 14.0. The second-order valence-corrected chi connectivity index (χ2v) is 8.97. The molecular weight excluding hydrogens is 454 g/mol. The first-order valence-electron chi connectivity index (χ1n) is 12.2. The average molecular weight is 490 g/mol. The van der Waals surface area contributed by atoms with Crippen molar-refractivity contribution in [1.29, 1.82) is 0 Å². The van der Waals surface area contributed by atoms with E-state index in [9.17, 15) is 14.7 Å². The van der Waals surface area contributed by atoms with Gasteiger partial charge in [0.05, 0.1) is 44.8 Å². The van der Waals surface area contributed by atoms with Crippen molar-refractivity contribution in [2.45, 2.75) is 38.0 Å². The fourth-order valence-corrected chi connectivity index (χ4v) is 4.31. The molecule has 0 saturated heterocycles. The maximum absolute atomic E-state index is 14.0. The highest BCUT2D eigenvalue weighted by molar-refractivity contribution is 5.85. The monoisotopic (exact) mass is 489 g/mol. The lowest BCUT2D eigenvalue weighted by molar-refractivity contribution is -0.144.